The minimum atomic E-state index is -4.22. The van der Waals surface area contributed by atoms with Crippen LogP contribution in [-0.2, 0) is 4.74 Å². The van der Waals surface area contributed by atoms with Gasteiger partial charge in [0.2, 0.25) is 0 Å². The summed E-state index contributed by atoms with van der Waals surface area (Å²) in [6.45, 7) is 9.15. The minimum Gasteiger partial charge on any atom is -0.372 e. The van der Waals surface area contributed by atoms with E-state index in [1.54, 1.807) is 0 Å². The maximum absolute atomic E-state index is 11.9. The Morgan fingerprint density at radius 1 is 1.22 bits per heavy atom. The van der Waals surface area contributed by atoms with Gasteiger partial charge in [-0.1, -0.05) is 27.7 Å². The minimum absolute atomic E-state index is 0.000485. The molecule has 0 radical (unpaired) electrons. The lowest BCUT2D eigenvalue weighted by atomic mass is 9.84. The van der Waals surface area contributed by atoms with Crippen LogP contribution >= 0.6 is 0 Å². The standard InChI is InChI=1S/C13H26F3NO/c1-5-12(4,9-17-8-11(2)3)6-7-18-10-13(14,15)16/h11,17H,5-10H2,1-4H3. The highest BCUT2D eigenvalue weighted by Crippen LogP contribution is 2.25. The van der Waals surface area contributed by atoms with E-state index in [0.29, 0.717) is 12.3 Å². The van der Waals surface area contributed by atoms with Crippen molar-refractivity contribution in [1.82, 2.24) is 5.32 Å². The summed E-state index contributed by atoms with van der Waals surface area (Å²) in [6, 6.07) is 0. The lowest BCUT2D eigenvalue weighted by Gasteiger charge is -2.29. The fourth-order valence-electron chi connectivity index (χ4n) is 1.56. The number of halogens is 3. The average Bonchev–Trinajstić information content (AvgIpc) is 2.23. The van der Waals surface area contributed by atoms with Crippen LogP contribution in [0.2, 0.25) is 0 Å². The van der Waals surface area contributed by atoms with E-state index in [1.165, 1.54) is 0 Å². The van der Waals surface area contributed by atoms with Crippen molar-refractivity contribution in [2.75, 3.05) is 26.3 Å². The Morgan fingerprint density at radius 3 is 2.28 bits per heavy atom. The number of hydrogen-bond donors (Lipinski definition) is 1. The molecule has 0 aromatic heterocycles. The fourth-order valence-corrected chi connectivity index (χ4v) is 1.56. The van der Waals surface area contributed by atoms with Crippen LogP contribution < -0.4 is 5.32 Å². The quantitative estimate of drug-likeness (QED) is 0.646. The summed E-state index contributed by atoms with van der Waals surface area (Å²) in [4.78, 5) is 0. The van der Waals surface area contributed by atoms with Crippen molar-refractivity contribution < 1.29 is 17.9 Å². The Balaban J connectivity index is 3.85. The zero-order chi connectivity index (χ0) is 14.2. The molecule has 0 aliphatic rings. The van der Waals surface area contributed by atoms with Gasteiger partial charge in [-0.15, -0.1) is 0 Å². The van der Waals surface area contributed by atoms with Crippen molar-refractivity contribution in [3.05, 3.63) is 0 Å². The molecule has 0 fully saturated rings. The van der Waals surface area contributed by atoms with E-state index in [1.807, 2.05) is 0 Å². The van der Waals surface area contributed by atoms with Crippen molar-refractivity contribution in [2.24, 2.45) is 11.3 Å². The van der Waals surface area contributed by atoms with Gasteiger partial charge in [0, 0.05) is 13.2 Å². The first-order valence-corrected chi connectivity index (χ1v) is 6.54. The Bertz CT molecular complexity index is 219. The molecule has 0 aromatic rings. The summed E-state index contributed by atoms with van der Waals surface area (Å²) >= 11 is 0. The molecule has 0 amide bonds. The molecule has 0 aliphatic heterocycles. The van der Waals surface area contributed by atoms with Crippen LogP contribution in [0.25, 0.3) is 0 Å². The highest BCUT2D eigenvalue weighted by molar-refractivity contribution is 4.75. The summed E-state index contributed by atoms with van der Waals surface area (Å²) in [5.74, 6) is 0.576. The number of ether oxygens (including phenoxy) is 1. The largest absolute Gasteiger partial charge is 0.411 e. The van der Waals surface area contributed by atoms with Crippen molar-refractivity contribution in [3.8, 4) is 0 Å². The molecular formula is C13H26F3NO. The van der Waals surface area contributed by atoms with Crippen molar-refractivity contribution in [2.45, 2.75) is 46.7 Å². The van der Waals surface area contributed by atoms with E-state index in [2.05, 4.69) is 37.7 Å². The van der Waals surface area contributed by atoms with Gasteiger partial charge >= 0.3 is 6.18 Å². The fraction of sp³-hybridized carbons (Fsp3) is 1.00. The second kappa shape index (κ2) is 8.00. The predicted octanol–water partition coefficient (Wildman–Crippen LogP) is 3.62. The summed E-state index contributed by atoms with van der Waals surface area (Å²) in [5, 5.41) is 3.36. The summed E-state index contributed by atoms with van der Waals surface area (Å²) in [7, 11) is 0. The van der Waals surface area contributed by atoms with Crippen LogP contribution in [0, 0.1) is 11.3 Å². The van der Waals surface area contributed by atoms with Gasteiger partial charge in [0.1, 0.15) is 6.61 Å². The maximum Gasteiger partial charge on any atom is 0.411 e. The predicted molar refractivity (Wildman–Crippen MR) is 67.6 cm³/mol. The molecule has 0 heterocycles. The van der Waals surface area contributed by atoms with Crippen LogP contribution in [0.1, 0.15) is 40.5 Å². The van der Waals surface area contributed by atoms with E-state index in [9.17, 15) is 13.2 Å². The summed E-state index contributed by atoms with van der Waals surface area (Å²) < 4.78 is 40.4. The van der Waals surface area contributed by atoms with Crippen molar-refractivity contribution in [1.29, 1.82) is 0 Å². The van der Waals surface area contributed by atoms with Crippen LogP contribution in [0.4, 0.5) is 13.2 Å². The number of nitrogens with one attached hydrogen (secondary N) is 1. The molecule has 2 nitrogen and oxygen atoms in total. The second-order valence-electron chi connectivity index (χ2n) is 5.61. The number of alkyl halides is 3. The average molecular weight is 269 g/mol. The zero-order valence-corrected chi connectivity index (χ0v) is 11.9. The smallest absolute Gasteiger partial charge is 0.372 e. The SMILES string of the molecule is CCC(C)(CCOCC(F)(F)F)CNCC(C)C. The Morgan fingerprint density at radius 2 is 1.83 bits per heavy atom. The van der Waals surface area contributed by atoms with E-state index in [4.69, 9.17) is 0 Å². The molecule has 18 heavy (non-hydrogen) atoms. The highest BCUT2D eigenvalue weighted by atomic mass is 19.4. The maximum atomic E-state index is 11.9. The third kappa shape index (κ3) is 9.71. The van der Waals surface area contributed by atoms with E-state index < -0.39 is 12.8 Å². The molecule has 0 saturated carbocycles. The molecule has 0 aromatic carbocycles. The Kier molecular flexibility index (Phi) is 7.87. The van der Waals surface area contributed by atoms with Gasteiger partial charge in [-0.25, -0.2) is 0 Å². The summed E-state index contributed by atoms with van der Waals surface area (Å²) in [6.07, 6.45) is -2.66. The molecule has 0 rings (SSSR count). The van der Waals surface area contributed by atoms with Gasteiger partial charge in [-0.05, 0) is 30.7 Å². The van der Waals surface area contributed by atoms with Crippen LogP contribution in [-0.4, -0.2) is 32.5 Å². The van der Waals surface area contributed by atoms with Crippen molar-refractivity contribution in [3.63, 3.8) is 0 Å². The van der Waals surface area contributed by atoms with Gasteiger partial charge in [-0.3, -0.25) is 0 Å². The lowest BCUT2D eigenvalue weighted by molar-refractivity contribution is -0.175. The number of rotatable bonds is 9. The van der Waals surface area contributed by atoms with E-state index in [0.717, 1.165) is 19.5 Å². The lowest BCUT2D eigenvalue weighted by Crippen LogP contribution is -2.34. The summed E-state index contributed by atoms with van der Waals surface area (Å²) in [5.41, 5.74) is 0.000485. The second-order valence-corrected chi connectivity index (χ2v) is 5.61. The number of hydrogen-bond acceptors (Lipinski definition) is 2. The van der Waals surface area contributed by atoms with Gasteiger partial charge in [0.25, 0.3) is 0 Å². The van der Waals surface area contributed by atoms with E-state index in [-0.39, 0.29) is 12.0 Å². The Labute approximate surface area is 108 Å². The Hall–Kier alpha value is -0.290. The third-order valence-corrected chi connectivity index (χ3v) is 3.07. The first-order chi connectivity index (χ1) is 8.18. The zero-order valence-electron chi connectivity index (χ0n) is 11.9. The molecule has 110 valence electrons. The van der Waals surface area contributed by atoms with Gasteiger partial charge in [0.15, 0.2) is 0 Å². The molecule has 0 aliphatic carbocycles. The highest BCUT2D eigenvalue weighted by Gasteiger charge is 2.28. The van der Waals surface area contributed by atoms with Gasteiger partial charge in [-0.2, -0.15) is 13.2 Å². The molecule has 1 unspecified atom stereocenters. The van der Waals surface area contributed by atoms with E-state index >= 15 is 0 Å². The third-order valence-electron chi connectivity index (χ3n) is 3.07. The monoisotopic (exact) mass is 269 g/mol. The van der Waals surface area contributed by atoms with Crippen LogP contribution in [0.15, 0.2) is 0 Å². The van der Waals surface area contributed by atoms with Crippen LogP contribution in [0.5, 0.6) is 0 Å². The molecule has 0 bridgehead atoms. The van der Waals surface area contributed by atoms with Gasteiger partial charge in [0.05, 0.1) is 0 Å². The van der Waals surface area contributed by atoms with Gasteiger partial charge < -0.3 is 10.1 Å². The first-order valence-electron chi connectivity index (χ1n) is 6.54. The molecule has 1 N–H and O–H groups in total. The van der Waals surface area contributed by atoms with Crippen LogP contribution in [0.3, 0.4) is 0 Å². The molecule has 0 spiro atoms. The molecule has 5 heteroatoms. The molecule has 1 atom stereocenters. The molecule has 0 saturated heterocycles. The topological polar surface area (TPSA) is 21.3 Å². The first kappa shape index (κ1) is 17.7. The normalized spacial score (nSPS) is 16.0. The molecular weight excluding hydrogens is 243 g/mol. The van der Waals surface area contributed by atoms with Crippen molar-refractivity contribution >= 4 is 0 Å².